The second-order valence-electron chi connectivity index (χ2n) is 4.76. The van der Waals surface area contributed by atoms with Crippen molar-refractivity contribution >= 4 is 35.1 Å². The van der Waals surface area contributed by atoms with Crippen LogP contribution in [0, 0.1) is 13.8 Å². The molecule has 22 heavy (non-hydrogen) atoms. The molecule has 0 saturated carbocycles. The van der Waals surface area contributed by atoms with Gasteiger partial charge in [-0.3, -0.25) is 4.79 Å². The summed E-state index contributed by atoms with van der Waals surface area (Å²) in [5, 5.41) is 6.25. The summed E-state index contributed by atoms with van der Waals surface area (Å²) < 4.78 is 10.5. The number of carbonyl (C=O) groups excluding carboxylic acids is 1. The number of hydrogen-bond donors (Lipinski definition) is 1. The van der Waals surface area contributed by atoms with Crippen LogP contribution < -0.4 is 14.9 Å². The number of halogens is 1. The molecule has 1 amide bonds. The highest BCUT2D eigenvalue weighted by atomic mass is 35.5. The van der Waals surface area contributed by atoms with E-state index in [0.717, 1.165) is 10.4 Å². The van der Waals surface area contributed by atoms with Gasteiger partial charge in [0.25, 0.3) is 5.91 Å². The number of ether oxygens (including phenoxy) is 2. The Kier molecular flexibility index (Phi) is 4.04. The highest BCUT2D eigenvalue weighted by Crippen LogP contribution is 2.36. The summed E-state index contributed by atoms with van der Waals surface area (Å²) in [6.07, 6.45) is 1.48. The van der Waals surface area contributed by atoms with Crippen molar-refractivity contribution < 1.29 is 14.3 Å². The first-order chi connectivity index (χ1) is 10.6. The summed E-state index contributed by atoms with van der Waals surface area (Å²) >= 11 is 7.67. The lowest BCUT2D eigenvalue weighted by atomic mass is 10.2. The van der Waals surface area contributed by atoms with Crippen LogP contribution >= 0.6 is 22.9 Å². The molecule has 1 aliphatic rings. The van der Waals surface area contributed by atoms with Crippen LogP contribution in [0.15, 0.2) is 22.6 Å². The number of amides is 1. The fourth-order valence-corrected chi connectivity index (χ4v) is 3.06. The maximum atomic E-state index is 12.0. The molecule has 0 fully saturated rings. The Morgan fingerprint density at radius 2 is 2.09 bits per heavy atom. The zero-order valence-electron chi connectivity index (χ0n) is 12.0. The molecule has 1 aromatic carbocycles. The Hall–Kier alpha value is -2.05. The second kappa shape index (κ2) is 5.98. The highest BCUT2D eigenvalue weighted by molar-refractivity contribution is 7.10. The maximum absolute atomic E-state index is 12.0. The van der Waals surface area contributed by atoms with Gasteiger partial charge in [0.1, 0.15) is 0 Å². The normalized spacial score (nSPS) is 12.9. The number of nitrogens with one attached hydrogen (secondary N) is 1. The molecule has 2 heterocycles. The zero-order chi connectivity index (χ0) is 15.7. The molecule has 5 nitrogen and oxygen atoms in total. The fraction of sp³-hybridized carbons (Fsp3) is 0.200. The van der Waals surface area contributed by atoms with Crippen LogP contribution in [-0.4, -0.2) is 18.9 Å². The Bertz CT molecular complexity index is 770. The largest absolute Gasteiger partial charge is 0.454 e. The topological polar surface area (TPSA) is 59.9 Å². The van der Waals surface area contributed by atoms with Crippen molar-refractivity contribution in [2.24, 2.45) is 5.10 Å². The van der Waals surface area contributed by atoms with Crippen molar-refractivity contribution in [2.45, 2.75) is 13.8 Å². The number of hydrogen-bond acceptors (Lipinski definition) is 5. The van der Waals surface area contributed by atoms with Crippen LogP contribution in [0.4, 0.5) is 0 Å². The lowest BCUT2D eigenvalue weighted by Crippen LogP contribution is -2.17. The quantitative estimate of drug-likeness (QED) is 0.689. The predicted molar refractivity (Wildman–Crippen MR) is 86.4 cm³/mol. The van der Waals surface area contributed by atoms with Gasteiger partial charge in [0, 0.05) is 21.9 Å². The Morgan fingerprint density at radius 1 is 1.36 bits per heavy atom. The van der Waals surface area contributed by atoms with Crippen LogP contribution in [0.2, 0.25) is 5.02 Å². The van der Waals surface area contributed by atoms with Crippen LogP contribution in [-0.2, 0) is 0 Å². The first-order valence-electron chi connectivity index (χ1n) is 6.53. The van der Waals surface area contributed by atoms with E-state index in [-0.39, 0.29) is 12.7 Å². The molecule has 0 bridgehead atoms. The zero-order valence-corrected chi connectivity index (χ0v) is 13.5. The molecule has 0 unspecified atom stereocenters. The Balaban J connectivity index is 1.72. The minimum atomic E-state index is -0.241. The summed E-state index contributed by atoms with van der Waals surface area (Å²) in [6, 6.07) is 3.39. The van der Waals surface area contributed by atoms with E-state index < -0.39 is 0 Å². The van der Waals surface area contributed by atoms with Crippen LogP contribution in [0.3, 0.4) is 0 Å². The minimum absolute atomic E-state index is 0.180. The smallest absolute Gasteiger partial charge is 0.272 e. The predicted octanol–water partition coefficient (Wildman–Crippen LogP) is 3.51. The molecule has 7 heteroatoms. The molecule has 2 aromatic rings. The maximum Gasteiger partial charge on any atom is 0.272 e. The number of fused-ring (bicyclic) bond motifs is 1. The fourth-order valence-electron chi connectivity index (χ4n) is 1.99. The van der Waals surface area contributed by atoms with E-state index in [1.54, 1.807) is 23.5 Å². The van der Waals surface area contributed by atoms with Gasteiger partial charge in [-0.1, -0.05) is 11.6 Å². The van der Waals surface area contributed by atoms with E-state index in [4.69, 9.17) is 21.1 Å². The van der Waals surface area contributed by atoms with Crippen molar-refractivity contribution in [3.05, 3.63) is 44.1 Å². The number of hydrazone groups is 1. The summed E-state index contributed by atoms with van der Waals surface area (Å²) in [5.74, 6) is 0.979. The van der Waals surface area contributed by atoms with Gasteiger partial charge >= 0.3 is 0 Å². The molecular formula is C15H13ClN2O3S. The number of rotatable bonds is 3. The average molecular weight is 337 g/mol. The SMILES string of the molecule is Cc1scc(C(=O)NN=Cc2cc3c(cc2Cl)OCO3)c1C. The third-order valence-corrected chi connectivity index (χ3v) is 4.73. The number of thiophene rings is 1. The van der Waals surface area contributed by atoms with Gasteiger partial charge in [0.05, 0.1) is 16.8 Å². The summed E-state index contributed by atoms with van der Waals surface area (Å²) in [4.78, 5) is 13.2. The number of carbonyl (C=O) groups is 1. The molecule has 114 valence electrons. The van der Waals surface area contributed by atoms with Gasteiger partial charge in [-0.15, -0.1) is 11.3 Å². The molecule has 0 aliphatic carbocycles. The summed E-state index contributed by atoms with van der Waals surface area (Å²) in [5.41, 5.74) is 4.75. The Morgan fingerprint density at radius 3 is 2.77 bits per heavy atom. The van der Waals surface area contributed by atoms with E-state index in [0.29, 0.717) is 27.6 Å². The van der Waals surface area contributed by atoms with Crippen molar-refractivity contribution in [2.75, 3.05) is 6.79 Å². The molecule has 0 spiro atoms. The monoisotopic (exact) mass is 336 g/mol. The van der Waals surface area contributed by atoms with E-state index in [9.17, 15) is 4.79 Å². The van der Waals surface area contributed by atoms with Crippen molar-refractivity contribution in [3.8, 4) is 11.5 Å². The summed E-state index contributed by atoms with van der Waals surface area (Å²) in [6.45, 7) is 4.07. The molecule has 0 radical (unpaired) electrons. The Labute approximate surface area is 136 Å². The van der Waals surface area contributed by atoms with E-state index in [1.165, 1.54) is 6.21 Å². The van der Waals surface area contributed by atoms with Crippen LogP contribution in [0.5, 0.6) is 11.5 Å². The summed E-state index contributed by atoms with van der Waals surface area (Å²) in [7, 11) is 0. The van der Waals surface area contributed by atoms with Crippen molar-refractivity contribution in [3.63, 3.8) is 0 Å². The third-order valence-electron chi connectivity index (χ3n) is 3.39. The third kappa shape index (κ3) is 2.80. The number of nitrogens with zero attached hydrogens (tertiary/aromatic N) is 1. The van der Waals surface area contributed by atoms with Crippen LogP contribution in [0.1, 0.15) is 26.4 Å². The number of aryl methyl sites for hydroxylation is 1. The van der Waals surface area contributed by atoms with Crippen LogP contribution in [0.25, 0.3) is 0 Å². The van der Waals surface area contributed by atoms with Gasteiger partial charge in [0.15, 0.2) is 11.5 Å². The minimum Gasteiger partial charge on any atom is -0.454 e. The van der Waals surface area contributed by atoms with Gasteiger partial charge in [0.2, 0.25) is 6.79 Å². The van der Waals surface area contributed by atoms with Crippen molar-refractivity contribution in [1.82, 2.24) is 5.43 Å². The average Bonchev–Trinajstić information content (AvgIpc) is 3.06. The van der Waals surface area contributed by atoms with E-state index in [1.807, 2.05) is 19.2 Å². The molecule has 1 aliphatic heterocycles. The second-order valence-corrected chi connectivity index (χ2v) is 6.25. The van der Waals surface area contributed by atoms with Gasteiger partial charge in [-0.05, 0) is 25.5 Å². The van der Waals surface area contributed by atoms with Gasteiger partial charge < -0.3 is 9.47 Å². The first-order valence-corrected chi connectivity index (χ1v) is 7.79. The lowest BCUT2D eigenvalue weighted by molar-refractivity contribution is 0.0955. The molecular weight excluding hydrogens is 324 g/mol. The van der Waals surface area contributed by atoms with E-state index >= 15 is 0 Å². The van der Waals surface area contributed by atoms with Gasteiger partial charge in [-0.2, -0.15) is 5.10 Å². The van der Waals surface area contributed by atoms with Gasteiger partial charge in [-0.25, -0.2) is 5.43 Å². The first kappa shape index (κ1) is 14.9. The lowest BCUT2D eigenvalue weighted by Gasteiger charge is -2.02. The molecule has 0 atom stereocenters. The molecule has 3 rings (SSSR count). The standard InChI is InChI=1S/C15H13ClN2O3S/c1-8-9(2)22-6-11(8)15(19)18-17-5-10-3-13-14(4-12(10)16)21-7-20-13/h3-6H,7H2,1-2H3,(H,18,19). The van der Waals surface area contributed by atoms with E-state index in [2.05, 4.69) is 10.5 Å². The molecule has 0 saturated heterocycles. The molecule has 1 aromatic heterocycles. The highest BCUT2D eigenvalue weighted by Gasteiger charge is 2.16. The number of benzene rings is 1. The molecule has 1 N–H and O–H groups in total. The van der Waals surface area contributed by atoms with Crippen molar-refractivity contribution in [1.29, 1.82) is 0 Å².